The monoisotopic (exact) mass is 285 g/mol. The van der Waals surface area contributed by atoms with Crippen molar-refractivity contribution >= 4 is 11.8 Å². The van der Waals surface area contributed by atoms with Gasteiger partial charge in [0.05, 0.1) is 20.8 Å². The first-order chi connectivity index (χ1) is 9.26. The number of ether oxygens (including phenoxy) is 3. The number of hydrogen-bond donors (Lipinski definition) is 1. The van der Waals surface area contributed by atoms with Crippen LogP contribution in [0.15, 0.2) is 18.2 Å². The van der Waals surface area contributed by atoms with E-state index in [1.807, 2.05) is 30.9 Å². The summed E-state index contributed by atoms with van der Waals surface area (Å²) in [6.07, 6.45) is 0. The van der Waals surface area contributed by atoms with Crippen LogP contribution in [0.4, 0.5) is 0 Å². The Morgan fingerprint density at radius 1 is 1.16 bits per heavy atom. The Kier molecular flexibility index (Phi) is 7.70. The molecule has 1 N–H and O–H groups in total. The van der Waals surface area contributed by atoms with Crippen LogP contribution < -0.4 is 14.8 Å². The van der Waals surface area contributed by atoms with Gasteiger partial charge in [-0.05, 0) is 24.7 Å². The highest BCUT2D eigenvalue weighted by molar-refractivity contribution is 7.99. The van der Waals surface area contributed by atoms with Gasteiger partial charge in [0.15, 0.2) is 11.5 Å². The first-order valence-corrected chi connectivity index (χ1v) is 7.38. The Balaban J connectivity index is 2.69. The summed E-state index contributed by atoms with van der Waals surface area (Å²) in [5.41, 5.74) is 1.20. The highest BCUT2D eigenvalue weighted by atomic mass is 32.2. The zero-order valence-electron chi connectivity index (χ0n) is 12.1. The number of hydrogen-bond acceptors (Lipinski definition) is 5. The molecule has 0 heterocycles. The van der Waals surface area contributed by atoms with Crippen molar-refractivity contribution in [1.29, 1.82) is 0 Å². The molecule has 4 nitrogen and oxygen atoms in total. The summed E-state index contributed by atoms with van der Waals surface area (Å²) in [5.74, 6) is 3.52. The Hall–Kier alpha value is -0.910. The molecule has 5 heteroatoms. The summed E-state index contributed by atoms with van der Waals surface area (Å²) in [5, 5.41) is 3.33. The molecule has 0 aliphatic heterocycles. The fourth-order valence-corrected chi connectivity index (χ4v) is 2.81. The van der Waals surface area contributed by atoms with Crippen LogP contribution in [0.5, 0.6) is 11.5 Å². The number of rotatable bonds is 9. The van der Waals surface area contributed by atoms with Crippen molar-refractivity contribution in [2.45, 2.75) is 6.04 Å². The minimum absolute atomic E-state index is 0.293. The molecule has 19 heavy (non-hydrogen) atoms. The molecular formula is C14H23NO3S. The van der Waals surface area contributed by atoms with Gasteiger partial charge in [-0.15, -0.1) is 0 Å². The van der Waals surface area contributed by atoms with Gasteiger partial charge in [0, 0.05) is 24.7 Å². The molecule has 0 saturated carbocycles. The number of benzene rings is 1. The van der Waals surface area contributed by atoms with Gasteiger partial charge in [-0.3, -0.25) is 0 Å². The molecule has 1 aromatic rings. The second-order valence-corrected chi connectivity index (χ2v) is 5.17. The first kappa shape index (κ1) is 16.1. The van der Waals surface area contributed by atoms with Gasteiger partial charge in [0.25, 0.3) is 0 Å². The van der Waals surface area contributed by atoms with E-state index >= 15 is 0 Å². The first-order valence-electron chi connectivity index (χ1n) is 6.22. The van der Waals surface area contributed by atoms with E-state index < -0.39 is 0 Å². The molecule has 0 aromatic heterocycles. The lowest BCUT2D eigenvalue weighted by Gasteiger charge is -2.18. The van der Waals surface area contributed by atoms with E-state index in [1.54, 1.807) is 21.3 Å². The van der Waals surface area contributed by atoms with E-state index in [9.17, 15) is 0 Å². The van der Waals surface area contributed by atoms with Crippen LogP contribution in [0.3, 0.4) is 0 Å². The maximum absolute atomic E-state index is 5.34. The molecular weight excluding hydrogens is 262 g/mol. The summed E-state index contributed by atoms with van der Waals surface area (Å²) in [6, 6.07) is 6.33. The standard InChI is InChI=1S/C14H23NO3S/c1-15-12(10-19-8-7-16-2)11-5-6-13(17-3)14(9-11)18-4/h5-6,9,12,15H,7-8,10H2,1-4H3. The molecule has 0 bridgehead atoms. The smallest absolute Gasteiger partial charge is 0.161 e. The summed E-state index contributed by atoms with van der Waals surface area (Å²) in [4.78, 5) is 0. The van der Waals surface area contributed by atoms with Crippen LogP contribution >= 0.6 is 11.8 Å². The predicted octanol–water partition coefficient (Wildman–Crippen LogP) is 2.34. The van der Waals surface area contributed by atoms with E-state index in [0.29, 0.717) is 6.04 Å². The lowest BCUT2D eigenvalue weighted by molar-refractivity contribution is 0.218. The Bertz CT molecular complexity index is 374. The van der Waals surface area contributed by atoms with E-state index in [2.05, 4.69) is 11.4 Å². The van der Waals surface area contributed by atoms with Crippen LogP contribution in [-0.4, -0.2) is 46.5 Å². The molecule has 0 aliphatic rings. The highest BCUT2D eigenvalue weighted by Gasteiger charge is 2.12. The van der Waals surface area contributed by atoms with E-state index in [4.69, 9.17) is 14.2 Å². The molecule has 0 fully saturated rings. The number of nitrogens with one attached hydrogen (secondary N) is 1. The minimum Gasteiger partial charge on any atom is -0.493 e. The molecule has 1 unspecified atom stereocenters. The molecule has 0 amide bonds. The summed E-state index contributed by atoms with van der Waals surface area (Å²) in [6.45, 7) is 0.785. The van der Waals surface area contributed by atoms with E-state index in [0.717, 1.165) is 29.6 Å². The fourth-order valence-electron chi connectivity index (χ4n) is 1.76. The third-order valence-electron chi connectivity index (χ3n) is 2.87. The zero-order chi connectivity index (χ0) is 14.1. The van der Waals surface area contributed by atoms with Gasteiger partial charge in [0.2, 0.25) is 0 Å². The maximum atomic E-state index is 5.34. The molecule has 0 saturated heterocycles. The van der Waals surface area contributed by atoms with Crippen LogP contribution in [0.2, 0.25) is 0 Å². The summed E-state index contributed by atoms with van der Waals surface area (Å²) >= 11 is 1.87. The van der Waals surface area contributed by atoms with E-state index in [-0.39, 0.29) is 0 Å². The number of thioether (sulfide) groups is 1. The second kappa shape index (κ2) is 9.07. The lowest BCUT2D eigenvalue weighted by Crippen LogP contribution is -2.19. The average Bonchev–Trinajstić information content (AvgIpc) is 2.46. The Morgan fingerprint density at radius 2 is 1.89 bits per heavy atom. The Labute approximate surface area is 119 Å². The van der Waals surface area contributed by atoms with Crippen molar-refractivity contribution in [3.05, 3.63) is 23.8 Å². The van der Waals surface area contributed by atoms with Gasteiger partial charge >= 0.3 is 0 Å². The van der Waals surface area contributed by atoms with Crippen LogP contribution in [0.25, 0.3) is 0 Å². The molecule has 0 spiro atoms. The zero-order valence-corrected chi connectivity index (χ0v) is 12.9. The molecule has 1 atom stereocenters. The van der Waals surface area contributed by atoms with Gasteiger partial charge in [-0.25, -0.2) is 0 Å². The van der Waals surface area contributed by atoms with Gasteiger partial charge < -0.3 is 19.5 Å². The largest absolute Gasteiger partial charge is 0.493 e. The SMILES string of the molecule is CNC(CSCCOC)c1ccc(OC)c(OC)c1. The van der Waals surface area contributed by atoms with Crippen molar-refractivity contribution < 1.29 is 14.2 Å². The van der Waals surface area contributed by atoms with Crippen molar-refractivity contribution in [3.8, 4) is 11.5 Å². The predicted molar refractivity (Wildman–Crippen MR) is 80.5 cm³/mol. The Morgan fingerprint density at radius 3 is 2.47 bits per heavy atom. The highest BCUT2D eigenvalue weighted by Crippen LogP contribution is 2.30. The minimum atomic E-state index is 0.293. The molecule has 108 valence electrons. The van der Waals surface area contributed by atoms with Gasteiger partial charge in [0.1, 0.15) is 0 Å². The van der Waals surface area contributed by atoms with Crippen LogP contribution in [-0.2, 0) is 4.74 Å². The molecule has 1 aromatic carbocycles. The van der Waals surface area contributed by atoms with Crippen LogP contribution in [0, 0.1) is 0 Å². The fraction of sp³-hybridized carbons (Fsp3) is 0.571. The summed E-state index contributed by atoms with van der Waals surface area (Å²) < 4.78 is 15.6. The van der Waals surface area contributed by atoms with Gasteiger partial charge in [-0.1, -0.05) is 6.07 Å². The van der Waals surface area contributed by atoms with E-state index in [1.165, 1.54) is 5.56 Å². The molecule has 0 radical (unpaired) electrons. The topological polar surface area (TPSA) is 39.7 Å². The molecule has 0 aliphatic carbocycles. The number of methoxy groups -OCH3 is 3. The van der Waals surface area contributed by atoms with Gasteiger partial charge in [-0.2, -0.15) is 11.8 Å². The lowest BCUT2D eigenvalue weighted by atomic mass is 10.1. The second-order valence-electron chi connectivity index (χ2n) is 4.02. The molecule has 1 rings (SSSR count). The van der Waals surface area contributed by atoms with Crippen LogP contribution in [0.1, 0.15) is 11.6 Å². The maximum Gasteiger partial charge on any atom is 0.161 e. The average molecular weight is 285 g/mol. The van der Waals surface area contributed by atoms with Crippen molar-refractivity contribution in [1.82, 2.24) is 5.32 Å². The normalized spacial score (nSPS) is 12.2. The quantitative estimate of drug-likeness (QED) is 0.705. The summed E-state index contributed by atoms with van der Waals surface area (Å²) in [7, 11) is 7.00. The third kappa shape index (κ3) is 4.93. The van der Waals surface area contributed by atoms with Crippen molar-refractivity contribution in [2.75, 3.05) is 46.5 Å². The van der Waals surface area contributed by atoms with Crippen molar-refractivity contribution in [2.24, 2.45) is 0 Å². The van der Waals surface area contributed by atoms with Crippen molar-refractivity contribution in [3.63, 3.8) is 0 Å². The third-order valence-corrected chi connectivity index (χ3v) is 3.90.